The van der Waals surface area contributed by atoms with Crippen LogP contribution < -0.4 is 5.32 Å². The summed E-state index contributed by atoms with van der Waals surface area (Å²) in [6, 6.07) is 0. The molecule has 0 spiro atoms. The Labute approximate surface area is 86.8 Å². The van der Waals surface area contributed by atoms with Crippen LogP contribution in [-0.2, 0) is 4.79 Å². The zero-order valence-electron chi connectivity index (χ0n) is 8.93. The molecule has 0 unspecified atom stereocenters. The van der Waals surface area contributed by atoms with Gasteiger partial charge in [0.1, 0.15) is 0 Å². The summed E-state index contributed by atoms with van der Waals surface area (Å²) in [6.45, 7) is 0.707. The number of amides is 1. The lowest BCUT2D eigenvalue weighted by molar-refractivity contribution is -0.121. The SMILES string of the molecule is O=C1CCCCCCCC/C=C\CN1. The molecule has 0 saturated heterocycles. The van der Waals surface area contributed by atoms with Gasteiger partial charge in [0, 0.05) is 13.0 Å². The first-order valence-corrected chi connectivity index (χ1v) is 5.81. The minimum Gasteiger partial charge on any atom is -0.353 e. The molecular formula is C12H21NO. The Morgan fingerprint density at radius 2 is 1.64 bits per heavy atom. The van der Waals surface area contributed by atoms with E-state index in [4.69, 9.17) is 0 Å². The minimum atomic E-state index is 0.203. The molecule has 0 aromatic heterocycles. The first-order valence-electron chi connectivity index (χ1n) is 5.81. The van der Waals surface area contributed by atoms with E-state index in [1.165, 1.54) is 32.1 Å². The Morgan fingerprint density at radius 1 is 0.929 bits per heavy atom. The van der Waals surface area contributed by atoms with E-state index in [1.54, 1.807) is 0 Å². The molecular weight excluding hydrogens is 174 g/mol. The van der Waals surface area contributed by atoms with E-state index < -0.39 is 0 Å². The molecule has 14 heavy (non-hydrogen) atoms. The Balaban J connectivity index is 2.23. The topological polar surface area (TPSA) is 29.1 Å². The fourth-order valence-corrected chi connectivity index (χ4v) is 1.72. The molecule has 80 valence electrons. The van der Waals surface area contributed by atoms with E-state index in [-0.39, 0.29) is 5.91 Å². The van der Waals surface area contributed by atoms with E-state index in [0.717, 1.165) is 12.8 Å². The van der Waals surface area contributed by atoms with Gasteiger partial charge in [-0.25, -0.2) is 0 Å². The summed E-state index contributed by atoms with van der Waals surface area (Å²) in [5, 5.41) is 2.90. The number of allylic oxidation sites excluding steroid dienone is 1. The third kappa shape index (κ3) is 5.79. The highest BCUT2D eigenvalue weighted by Gasteiger charge is 1.99. The number of carbonyl (C=O) groups is 1. The lowest BCUT2D eigenvalue weighted by Gasteiger charge is -2.01. The summed E-state index contributed by atoms with van der Waals surface area (Å²) in [4.78, 5) is 11.2. The third-order valence-corrected chi connectivity index (χ3v) is 2.61. The first kappa shape index (κ1) is 11.3. The van der Waals surface area contributed by atoms with Crippen LogP contribution in [0.25, 0.3) is 0 Å². The quantitative estimate of drug-likeness (QED) is 0.592. The van der Waals surface area contributed by atoms with Crippen molar-refractivity contribution in [3.8, 4) is 0 Å². The second-order valence-electron chi connectivity index (χ2n) is 3.94. The van der Waals surface area contributed by atoms with Crippen LogP contribution in [0.4, 0.5) is 0 Å². The van der Waals surface area contributed by atoms with Crippen LogP contribution in [0.2, 0.25) is 0 Å². The largest absolute Gasteiger partial charge is 0.353 e. The van der Waals surface area contributed by atoms with Crippen molar-refractivity contribution >= 4 is 5.91 Å². The molecule has 1 heterocycles. The maximum absolute atomic E-state index is 11.2. The van der Waals surface area contributed by atoms with Crippen LogP contribution in [0.1, 0.15) is 51.4 Å². The second kappa shape index (κ2) is 7.60. The van der Waals surface area contributed by atoms with Crippen molar-refractivity contribution in [1.82, 2.24) is 5.32 Å². The standard InChI is InChI=1S/C12H21NO/c14-12-10-8-6-4-2-1-3-5-7-9-11-13-12/h7,9H,1-6,8,10-11H2,(H,13,14)/b9-7-. The van der Waals surface area contributed by atoms with Crippen molar-refractivity contribution in [1.29, 1.82) is 0 Å². The van der Waals surface area contributed by atoms with E-state index >= 15 is 0 Å². The molecule has 0 fully saturated rings. The molecule has 1 rings (SSSR count). The smallest absolute Gasteiger partial charge is 0.220 e. The number of rotatable bonds is 0. The molecule has 0 aromatic carbocycles. The van der Waals surface area contributed by atoms with Crippen molar-refractivity contribution in [2.75, 3.05) is 6.54 Å². The van der Waals surface area contributed by atoms with Crippen molar-refractivity contribution in [2.24, 2.45) is 0 Å². The van der Waals surface area contributed by atoms with Gasteiger partial charge in [-0.3, -0.25) is 4.79 Å². The predicted molar refractivity (Wildman–Crippen MR) is 59.1 cm³/mol. The van der Waals surface area contributed by atoms with Gasteiger partial charge in [-0.15, -0.1) is 0 Å². The molecule has 0 radical (unpaired) electrons. The summed E-state index contributed by atoms with van der Waals surface area (Å²) in [6.07, 6.45) is 13.6. The highest BCUT2D eigenvalue weighted by Crippen LogP contribution is 2.09. The maximum Gasteiger partial charge on any atom is 0.220 e. The number of hydrogen-bond donors (Lipinski definition) is 1. The predicted octanol–water partition coefficient (Wildman–Crippen LogP) is 2.79. The molecule has 1 amide bonds. The number of nitrogens with one attached hydrogen (secondary N) is 1. The highest BCUT2D eigenvalue weighted by atomic mass is 16.1. The molecule has 0 bridgehead atoms. The van der Waals surface area contributed by atoms with E-state index in [2.05, 4.69) is 17.5 Å². The molecule has 1 aliphatic rings. The van der Waals surface area contributed by atoms with Gasteiger partial charge in [0.2, 0.25) is 5.91 Å². The molecule has 1 N–H and O–H groups in total. The highest BCUT2D eigenvalue weighted by molar-refractivity contribution is 5.75. The van der Waals surface area contributed by atoms with Gasteiger partial charge in [0.05, 0.1) is 0 Å². The van der Waals surface area contributed by atoms with Gasteiger partial charge < -0.3 is 5.32 Å². The summed E-state index contributed by atoms with van der Waals surface area (Å²) < 4.78 is 0. The maximum atomic E-state index is 11.2. The lowest BCUT2D eigenvalue weighted by atomic mass is 10.1. The van der Waals surface area contributed by atoms with Crippen LogP contribution in [0, 0.1) is 0 Å². The van der Waals surface area contributed by atoms with Gasteiger partial charge in [-0.1, -0.05) is 37.8 Å². The summed E-state index contributed by atoms with van der Waals surface area (Å²) in [7, 11) is 0. The Bertz CT molecular complexity index is 187. The molecule has 2 heteroatoms. The van der Waals surface area contributed by atoms with Gasteiger partial charge in [-0.05, 0) is 19.3 Å². The fourth-order valence-electron chi connectivity index (χ4n) is 1.72. The van der Waals surface area contributed by atoms with Crippen LogP contribution in [-0.4, -0.2) is 12.5 Å². The average molecular weight is 195 g/mol. The third-order valence-electron chi connectivity index (χ3n) is 2.61. The van der Waals surface area contributed by atoms with Crippen LogP contribution >= 0.6 is 0 Å². The monoisotopic (exact) mass is 195 g/mol. The van der Waals surface area contributed by atoms with Crippen LogP contribution in [0.15, 0.2) is 12.2 Å². The Kier molecular flexibility index (Phi) is 6.13. The van der Waals surface area contributed by atoms with Crippen LogP contribution in [0.3, 0.4) is 0 Å². The normalized spacial score (nSPS) is 23.9. The van der Waals surface area contributed by atoms with Gasteiger partial charge in [0.15, 0.2) is 0 Å². The Morgan fingerprint density at radius 3 is 2.50 bits per heavy atom. The van der Waals surface area contributed by atoms with Crippen molar-refractivity contribution in [3.63, 3.8) is 0 Å². The molecule has 0 atom stereocenters. The summed E-state index contributed by atoms with van der Waals surface area (Å²) >= 11 is 0. The Hall–Kier alpha value is -0.790. The van der Waals surface area contributed by atoms with Gasteiger partial charge in [0.25, 0.3) is 0 Å². The van der Waals surface area contributed by atoms with Gasteiger partial charge in [-0.2, -0.15) is 0 Å². The zero-order chi connectivity index (χ0) is 10.1. The average Bonchev–Trinajstić information content (AvgIpc) is 2.20. The number of hydrogen-bond acceptors (Lipinski definition) is 1. The molecule has 0 aromatic rings. The van der Waals surface area contributed by atoms with E-state index in [9.17, 15) is 4.79 Å². The van der Waals surface area contributed by atoms with E-state index in [1.807, 2.05) is 0 Å². The van der Waals surface area contributed by atoms with Crippen molar-refractivity contribution in [2.45, 2.75) is 51.4 Å². The lowest BCUT2D eigenvalue weighted by Crippen LogP contribution is -2.22. The molecule has 1 aliphatic heterocycles. The molecule has 2 nitrogen and oxygen atoms in total. The van der Waals surface area contributed by atoms with Crippen molar-refractivity contribution in [3.05, 3.63) is 12.2 Å². The summed E-state index contributed by atoms with van der Waals surface area (Å²) in [5.74, 6) is 0.203. The number of carbonyl (C=O) groups excluding carboxylic acids is 1. The first-order chi connectivity index (χ1) is 6.89. The van der Waals surface area contributed by atoms with Gasteiger partial charge >= 0.3 is 0 Å². The van der Waals surface area contributed by atoms with E-state index in [0.29, 0.717) is 13.0 Å². The summed E-state index contributed by atoms with van der Waals surface area (Å²) in [5.41, 5.74) is 0. The minimum absolute atomic E-state index is 0.203. The fraction of sp³-hybridized carbons (Fsp3) is 0.750. The second-order valence-corrected chi connectivity index (χ2v) is 3.94. The van der Waals surface area contributed by atoms with Crippen molar-refractivity contribution < 1.29 is 4.79 Å². The molecule has 0 aliphatic carbocycles. The molecule has 0 saturated carbocycles. The van der Waals surface area contributed by atoms with Crippen LogP contribution in [0.5, 0.6) is 0 Å². The zero-order valence-corrected chi connectivity index (χ0v) is 8.93.